The Bertz CT molecular complexity index is 825. The van der Waals surface area contributed by atoms with E-state index in [1.165, 1.54) is 40.1 Å². The Hall–Kier alpha value is -2.46. The minimum Gasteiger partial charge on any atom is -0.323 e. The Morgan fingerprint density at radius 1 is 1.19 bits per heavy atom. The topological polar surface area (TPSA) is 91.4 Å². The molecule has 1 saturated heterocycles. The van der Waals surface area contributed by atoms with E-state index in [1.807, 2.05) is 0 Å². The van der Waals surface area contributed by atoms with Crippen molar-refractivity contribution < 1.29 is 18.8 Å². The number of halogens is 1. The van der Waals surface area contributed by atoms with E-state index >= 15 is 0 Å². The van der Waals surface area contributed by atoms with Crippen molar-refractivity contribution >= 4 is 40.2 Å². The molecule has 0 bridgehead atoms. The van der Waals surface area contributed by atoms with Gasteiger partial charge in [-0.1, -0.05) is 11.8 Å². The number of rotatable bonds is 5. The fourth-order valence-corrected chi connectivity index (χ4v) is 3.89. The van der Waals surface area contributed by atoms with E-state index in [0.717, 1.165) is 5.56 Å². The molecule has 3 rings (SSSR count). The molecule has 1 fully saturated rings. The Balaban J connectivity index is 1.47. The van der Waals surface area contributed by atoms with Gasteiger partial charge in [0.15, 0.2) is 0 Å². The molecule has 26 heavy (non-hydrogen) atoms. The van der Waals surface area contributed by atoms with Crippen LogP contribution >= 0.6 is 23.1 Å². The third kappa shape index (κ3) is 4.79. The van der Waals surface area contributed by atoms with Gasteiger partial charge >= 0.3 is 0 Å². The van der Waals surface area contributed by atoms with E-state index in [-0.39, 0.29) is 24.0 Å². The second-order valence-corrected chi connectivity index (χ2v) is 7.36. The molecule has 1 aromatic carbocycles. The van der Waals surface area contributed by atoms with Gasteiger partial charge in [-0.3, -0.25) is 25.2 Å². The van der Waals surface area contributed by atoms with Crippen LogP contribution in [0.2, 0.25) is 0 Å². The van der Waals surface area contributed by atoms with Crippen molar-refractivity contribution in [2.75, 3.05) is 18.8 Å². The van der Waals surface area contributed by atoms with Crippen molar-refractivity contribution in [1.29, 1.82) is 0 Å². The summed E-state index contributed by atoms with van der Waals surface area (Å²) < 4.78 is 13.0. The maximum absolute atomic E-state index is 13.0. The number of thiazole rings is 1. The second kappa shape index (κ2) is 8.28. The molecule has 0 saturated carbocycles. The van der Waals surface area contributed by atoms with Gasteiger partial charge in [-0.05, 0) is 24.3 Å². The van der Waals surface area contributed by atoms with Gasteiger partial charge in [0, 0.05) is 23.2 Å². The molecule has 0 aliphatic carbocycles. The number of benzene rings is 1. The standard InChI is InChI=1S/C16H15FN4O3S2/c17-11-3-1-10(2-4-11)15-18-12(9-26-15)7-13(22)19-20-14(23)8-21-5-6-25-16(21)24/h1-4,9H,5-8H2,(H,19,22)(H,20,23). The molecule has 0 unspecified atom stereocenters. The number of carbonyl (C=O) groups excluding carboxylic acids is 3. The molecule has 3 amide bonds. The minimum absolute atomic E-state index is 0.00350. The maximum atomic E-state index is 13.0. The van der Waals surface area contributed by atoms with Gasteiger partial charge in [-0.2, -0.15) is 0 Å². The fourth-order valence-electron chi connectivity index (χ4n) is 2.24. The summed E-state index contributed by atoms with van der Waals surface area (Å²) in [6.07, 6.45) is -0.00350. The summed E-state index contributed by atoms with van der Waals surface area (Å²) in [6.45, 7) is 0.438. The molecule has 7 nitrogen and oxygen atoms in total. The average Bonchev–Trinajstić information content (AvgIpc) is 3.23. The third-order valence-electron chi connectivity index (χ3n) is 3.51. The molecule has 0 spiro atoms. The van der Waals surface area contributed by atoms with Crippen molar-refractivity contribution in [3.05, 3.63) is 41.2 Å². The van der Waals surface area contributed by atoms with E-state index in [1.54, 1.807) is 17.5 Å². The molecule has 1 aromatic heterocycles. The first-order valence-corrected chi connectivity index (χ1v) is 9.57. The van der Waals surface area contributed by atoms with Crippen molar-refractivity contribution in [1.82, 2.24) is 20.7 Å². The lowest BCUT2D eigenvalue weighted by molar-refractivity contribution is -0.128. The maximum Gasteiger partial charge on any atom is 0.282 e. The molecule has 2 heterocycles. The SMILES string of the molecule is O=C(Cc1csc(-c2ccc(F)cc2)n1)NNC(=O)CN1CCSC1=O. The second-order valence-electron chi connectivity index (χ2n) is 5.46. The van der Waals surface area contributed by atoms with Gasteiger partial charge < -0.3 is 4.90 Å². The van der Waals surface area contributed by atoms with Crippen molar-refractivity contribution in [2.24, 2.45) is 0 Å². The monoisotopic (exact) mass is 394 g/mol. The largest absolute Gasteiger partial charge is 0.323 e. The number of hydrogen-bond donors (Lipinski definition) is 2. The molecular weight excluding hydrogens is 379 g/mol. The van der Waals surface area contributed by atoms with Gasteiger partial charge in [-0.25, -0.2) is 9.37 Å². The van der Waals surface area contributed by atoms with Gasteiger partial charge in [0.05, 0.1) is 12.1 Å². The Labute approximate surface area is 157 Å². The molecule has 1 aliphatic heterocycles. The van der Waals surface area contributed by atoms with Crippen LogP contribution in [0.25, 0.3) is 10.6 Å². The number of nitrogens with one attached hydrogen (secondary N) is 2. The molecule has 0 atom stereocenters. The minimum atomic E-state index is -0.459. The summed E-state index contributed by atoms with van der Waals surface area (Å²) in [5, 5.41) is 2.28. The number of thioether (sulfide) groups is 1. The normalized spacial score (nSPS) is 13.7. The van der Waals surface area contributed by atoms with Crippen molar-refractivity contribution in [3.63, 3.8) is 0 Å². The van der Waals surface area contributed by atoms with Crippen LogP contribution in [-0.4, -0.2) is 45.8 Å². The van der Waals surface area contributed by atoms with Crippen molar-refractivity contribution in [2.45, 2.75) is 6.42 Å². The predicted octanol–water partition coefficient (Wildman–Crippen LogP) is 1.81. The summed E-state index contributed by atoms with van der Waals surface area (Å²) in [4.78, 5) is 40.8. The lowest BCUT2D eigenvalue weighted by atomic mass is 10.2. The molecule has 2 aromatic rings. The molecule has 2 N–H and O–H groups in total. The lowest BCUT2D eigenvalue weighted by Crippen LogP contribution is -2.47. The zero-order chi connectivity index (χ0) is 18.5. The Morgan fingerprint density at radius 3 is 2.62 bits per heavy atom. The number of hydrazine groups is 1. The highest BCUT2D eigenvalue weighted by Gasteiger charge is 2.23. The highest BCUT2D eigenvalue weighted by atomic mass is 32.2. The van der Waals surface area contributed by atoms with Gasteiger partial charge in [0.25, 0.3) is 11.1 Å². The predicted molar refractivity (Wildman–Crippen MR) is 96.9 cm³/mol. The van der Waals surface area contributed by atoms with Crippen molar-refractivity contribution in [3.8, 4) is 10.6 Å². The zero-order valence-electron chi connectivity index (χ0n) is 13.5. The summed E-state index contributed by atoms with van der Waals surface area (Å²) in [5.41, 5.74) is 5.91. The summed E-state index contributed by atoms with van der Waals surface area (Å²) in [7, 11) is 0. The zero-order valence-corrected chi connectivity index (χ0v) is 15.2. The van der Waals surface area contributed by atoms with Crippen LogP contribution in [0.5, 0.6) is 0 Å². The van der Waals surface area contributed by atoms with E-state index in [2.05, 4.69) is 15.8 Å². The van der Waals surface area contributed by atoms with E-state index in [0.29, 0.717) is 23.0 Å². The lowest BCUT2D eigenvalue weighted by Gasteiger charge is -2.14. The molecular formula is C16H15FN4O3S2. The highest BCUT2D eigenvalue weighted by Crippen LogP contribution is 2.24. The third-order valence-corrected chi connectivity index (χ3v) is 5.34. The Morgan fingerprint density at radius 2 is 1.92 bits per heavy atom. The van der Waals surface area contributed by atoms with Gasteiger partial charge in [0.2, 0.25) is 5.91 Å². The smallest absolute Gasteiger partial charge is 0.282 e. The number of nitrogens with zero attached hydrogens (tertiary/aromatic N) is 2. The molecule has 0 radical (unpaired) electrons. The van der Waals surface area contributed by atoms with E-state index in [4.69, 9.17) is 0 Å². The van der Waals surface area contributed by atoms with Gasteiger partial charge in [-0.15, -0.1) is 11.3 Å². The number of hydrogen-bond acceptors (Lipinski definition) is 6. The molecule has 136 valence electrons. The summed E-state index contributed by atoms with van der Waals surface area (Å²) in [5.74, 6) is -0.538. The summed E-state index contributed by atoms with van der Waals surface area (Å²) in [6, 6.07) is 5.94. The van der Waals surface area contributed by atoms with Crippen LogP contribution in [0.1, 0.15) is 5.69 Å². The number of aromatic nitrogens is 1. The fraction of sp³-hybridized carbons (Fsp3) is 0.250. The van der Waals surface area contributed by atoms with Gasteiger partial charge in [0.1, 0.15) is 17.4 Å². The number of amides is 3. The Kier molecular flexibility index (Phi) is 5.84. The molecule has 10 heteroatoms. The first-order valence-electron chi connectivity index (χ1n) is 7.71. The van der Waals surface area contributed by atoms with Crippen LogP contribution in [0.4, 0.5) is 9.18 Å². The first-order chi connectivity index (χ1) is 12.5. The molecule has 1 aliphatic rings. The highest BCUT2D eigenvalue weighted by molar-refractivity contribution is 8.13. The van der Waals surface area contributed by atoms with Crippen LogP contribution < -0.4 is 10.9 Å². The van der Waals surface area contributed by atoms with E-state index < -0.39 is 11.8 Å². The number of carbonyl (C=O) groups is 3. The van der Waals surface area contributed by atoms with Crippen LogP contribution in [0.15, 0.2) is 29.6 Å². The quantitative estimate of drug-likeness (QED) is 0.755. The average molecular weight is 394 g/mol. The summed E-state index contributed by atoms with van der Waals surface area (Å²) >= 11 is 2.52. The van der Waals surface area contributed by atoms with Crippen LogP contribution in [-0.2, 0) is 16.0 Å². The van der Waals surface area contributed by atoms with Crippen LogP contribution in [0.3, 0.4) is 0 Å². The van der Waals surface area contributed by atoms with E-state index in [9.17, 15) is 18.8 Å². The first kappa shape index (κ1) is 18.3. The van der Waals surface area contributed by atoms with Crippen LogP contribution in [0, 0.1) is 5.82 Å².